The zero-order valence-corrected chi connectivity index (χ0v) is 18.4. The molecule has 10 nitrogen and oxygen atoms in total. The van der Waals surface area contributed by atoms with Gasteiger partial charge in [0.25, 0.3) is 0 Å². The van der Waals surface area contributed by atoms with E-state index in [9.17, 15) is 23.1 Å². The fraction of sp³-hybridized carbons (Fsp3) is 0.333. The Hall–Kier alpha value is -1.27. The van der Waals surface area contributed by atoms with Gasteiger partial charge in [0, 0.05) is 11.6 Å². The van der Waals surface area contributed by atoms with Crippen LogP contribution in [0.15, 0.2) is 43.5 Å². The molecule has 0 bridgehead atoms. The predicted molar refractivity (Wildman–Crippen MR) is 92.1 cm³/mol. The van der Waals surface area contributed by atoms with E-state index >= 15 is 0 Å². The Morgan fingerprint density at radius 2 is 1.90 bits per heavy atom. The monoisotopic (exact) mass is 452 g/mol. The molecule has 0 N–H and O–H groups in total. The first-order chi connectivity index (χ1) is 13.2. The zero-order valence-electron chi connectivity index (χ0n) is 15.3. The number of halogens is 2. The molecule has 150 valence electrons. The minimum Gasteiger partial charge on any atom is -0.809 e. The second-order valence-corrected chi connectivity index (χ2v) is 7.52. The van der Waals surface area contributed by atoms with Gasteiger partial charge in [-0.1, -0.05) is 6.07 Å². The average molecular weight is 452 g/mol. The van der Waals surface area contributed by atoms with Crippen molar-refractivity contribution in [3.63, 3.8) is 0 Å². The van der Waals surface area contributed by atoms with Crippen LogP contribution in [0.5, 0.6) is 0 Å². The molecule has 0 aliphatic heterocycles. The molecule has 0 radical (unpaired) electrons. The molecule has 0 unspecified atom stereocenters. The van der Waals surface area contributed by atoms with Crippen LogP contribution in [0.25, 0.3) is 0 Å². The predicted octanol–water partition coefficient (Wildman–Crippen LogP) is -0.189. The molecule has 0 fully saturated rings. The van der Waals surface area contributed by atoms with Crippen molar-refractivity contribution in [2.45, 2.75) is 25.1 Å². The van der Waals surface area contributed by atoms with Crippen LogP contribution >= 0.6 is 7.60 Å². The van der Waals surface area contributed by atoms with Crippen LogP contribution in [0.4, 0.5) is 8.78 Å². The Kier molecular flexibility index (Phi) is 8.02. The molecule has 0 spiro atoms. The van der Waals surface area contributed by atoms with Gasteiger partial charge in [0.1, 0.15) is 42.5 Å². The van der Waals surface area contributed by atoms with Gasteiger partial charge in [0.05, 0.1) is 18.9 Å². The van der Waals surface area contributed by atoms with Gasteiger partial charge in [-0.25, -0.2) is 28.1 Å². The molecule has 0 saturated heterocycles. The van der Waals surface area contributed by atoms with Crippen LogP contribution < -0.4 is 9.79 Å². The van der Waals surface area contributed by atoms with Gasteiger partial charge < -0.3 is 19.1 Å². The van der Waals surface area contributed by atoms with Gasteiger partial charge in [0.15, 0.2) is 0 Å². The van der Waals surface area contributed by atoms with Gasteiger partial charge >= 0.3 is 37.7 Å². The minimum absolute atomic E-state index is 0. The number of hydrogen-bond acceptors (Lipinski definition) is 8. The van der Waals surface area contributed by atoms with E-state index in [1.807, 2.05) is 0 Å². The van der Waals surface area contributed by atoms with Gasteiger partial charge in [-0.05, 0) is 20.6 Å². The van der Waals surface area contributed by atoms with Crippen molar-refractivity contribution in [1.29, 1.82) is 0 Å². The molecule has 0 aliphatic carbocycles. The van der Waals surface area contributed by atoms with Crippen LogP contribution in [-0.4, -0.2) is 73.6 Å². The van der Waals surface area contributed by atoms with Crippen LogP contribution in [0.3, 0.4) is 0 Å². The second kappa shape index (κ2) is 9.69. The number of aromatic nitrogens is 6. The third-order valence-electron chi connectivity index (χ3n) is 4.24. The third-order valence-corrected chi connectivity index (χ3v) is 4.68. The SMILES string of the molecule is C[C@@H](n1cncn1)[C@@](Cn1cncn1)(OCP(=O)([O-])[O-])c1ccc(F)cc1F.[Ca+2]. The van der Waals surface area contributed by atoms with Crippen molar-refractivity contribution in [2.24, 2.45) is 0 Å². The third kappa shape index (κ3) is 5.66. The summed E-state index contributed by atoms with van der Waals surface area (Å²) < 4.78 is 47.6. The Morgan fingerprint density at radius 1 is 1.21 bits per heavy atom. The van der Waals surface area contributed by atoms with Crippen LogP contribution in [0.1, 0.15) is 18.5 Å². The maximum Gasteiger partial charge on any atom is 2.00 e. The fourth-order valence-corrected chi connectivity index (χ4v) is 3.29. The molecular weight excluding hydrogens is 437 g/mol. The number of benzene rings is 1. The molecule has 2 heterocycles. The summed E-state index contributed by atoms with van der Waals surface area (Å²) in [5.41, 5.74) is -1.98. The number of nitrogens with zero attached hydrogens (tertiary/aromatic N) is 6. The zero-order chi connectivity index (χ0) is 20.4. The van der Waals surface area contributed by atoms with E-state index in [0.717, 1.165) is 12.1 Å². The number of ether oxygens (including phenoxy) is 1. The van der Waals surface area contributed by atoms with E-state index in [0.29, 0.717) is 6.07 Å². The minimum atomic E-state index is -5.12. The molecule has 14 heteroatoms. The van der Waals surface area contributed by atoms with E-state index in [4.69, 9.17) is 4.74 Å². The summed E-state index contributed by atoms with van der Waals surface area (Å²) >= 11 is 0. The maximum atomic E-state index is 14.8. The summed E-state index contributed by atoms with van der Waals surface area (Å²) in [7, 11) is -5.12. The topological polar surface area (TPSA) is 134 Å². The Bertz CT molecular complexity index is 971. The van der Waals surface area contributed by atoms with E-state index in [1.54, 1.807) is 6.92 Å². The molecule has 3 aromatic rings. The standard InChI is InChI=1S/C15H17F2N6O4P.Ca/c1-11(23-9-19-7-21-23)15(27-10-28(24,25)26,5-22-8-18-6-20-22)13-3-2-12(16)4-14(13)17;/h2-4,6-9,11H,5,10H2,1H3,(H2,24,25,26);/q;+2/p-2/t11-,15-;/m1./s1. The van der Waals surface area contributed by atoms with Gasteiger partial charge in [-0.15, -0.1) is 0 Å². The molecule has 1 aromatic carbocycles. The van der Waals surface area contributed by atoms with Gasteiger partial charge in [-0.3, -0.25) is 0 Å². The van der Waals surface area contributed by atoms with E-state index in [2.05, 4.69) is 20.2 Å². The Morgan fingerprint density at radius 3 is 2.45 bits per heavy atom. The second-order valence-electron chi connectivity index (χ2n) is 6.04. The molecule has 3 rings (SSSR count). The molecule has 29 heavy (non-hydrogen) atoms. The van der Waals surface area contributed by atoms with Crippen LogP contribution in [-0.2, 0) is 21.4 Å². The summed E-state index contributed by atoms with van der Waals surface area (Å²) in [6, 6.07) is 1.89. The first-order valence-electron chi connectivity index (χ1n) is 7.98. The summed E-state index contributed by atoms with van der Waals surface area (Å²) in [5.74, 6) is -1.82. The first kappa shape index (κ1) is 24.0. The molecule has 2 aromatic heterocycles. The van der Waals surface area contributed by atoms with Crippen LogP contribution in [0, 0.1) is 11.6 Å². The van der Waals surface area contributed by atoms with Crippen LogP contribution in [0.2, 0.25) is 0 Å². The van der Waals surface area contributed by atoms with E-state index in [1.165, 1.54) is 34.7 Å². The van der Waals surface area contributed by atoms with Crippen molar-refractivity contribution in [3.05, 3.63) is 60.7 Å². The number of hydrogen-bond donors (Lipinski definition) is 0. The maximum absolute atomic E-state index is 14.8. The Balaban J connectivity index is 0.00000300. The van der Waals surface area contributed by atoms with E-state index in [-0.39, 0.29) is 49.8 Å². The smallest absolute Gasteiger partial charge is 0.809 e. The van der Waals surface area contributed by atoms with Crippen molar-refractivity contribution < 1.29 is 27.9 Å². The van der Waals surface area contributed by atoms with Crippen molar-refractivity contribution in [1.82, 2.24) is 29.5 Å². The van der Waals surface area contributed by atoms with Gasteiger partial charge in [-0.2, -0.15) is 10.2 Å². The molecule has 0 aliphatic rings. The molecule has 0 saturated carbocycles. The van der Waals surface area contributed by atoms with Crippen molar-refractivity contribution >= 4 is 45.3 Å². The molecular formula is C15H15CaF2N6O4P. The number of rotatable bonds is 8. The quantitative estimate of drug-likeness (QED) is 0.339. The first-order valence-corrected chi connectivity index (χ1v) is 9.71. The summed E-state index contributed by atoms with van der Waals surface area (Å²) in [5, 5.41) is 7.93. The summed E-state index contributed by atoms with van der Waals surface area (Å²) in [4.78, 5) is 30.2. The van der Waals surface area contributed by atoms with Gasteiger partial charge in [0.2, 0.25) is 0 Å². The summed E-state index contributed by atoms with van der Waals surface area (Å²) in [6.07, 6.45) is 3.85. The molecule has 2 atom stereocenters. The van der Waals surface area contributed by atoms with Crippen molar-refractivity contribution in [3.8, 4) is 0 Å². The fourth-order valence-electron chi connectivity index (χ4n) is 2.90. The average Bonchev–Trinajstić information content (AvgIpc) is 3.31. The largest absolute Gasteiger partial charge is 2.00 e. The normalized spacial score (nSPS) is 14.8. The Labute approximate surface area is 194 Å². The summed E-state index contributed by atoms with van der Waals surface area (Å²) in [6.45, 7) is 1.32. The van der Waals surface area contributed by atoms with E-state index < -0.39 is 37.2 Å². The molecule has 0 amide bonds. The van der Waals surface area contributed by atoms with Crippen molar-refractivity contribution in [2.75, 3.05) is 6.35 Å².